The Kier molecular flexibility index (Phi) is 10.1. The van der Waals surface area contributed by atoms with Crippen LogP contribution in [0.4, 0.5) is 0 Å². The van der Waals surface area contributed by atoms with Crippen molar-refractivity contribution in [2.24, 2.45) is 0 Å². The van der Waals surface area contributed by atoms with Crippen LogP contribution in [-0.4, -0.2) is 18.5 Å². The second-order valence-corrected chi connectivity index (χ2v) is 0.835. The van der Waals surface area contributed by atoms with Crippen molar-refractivity contribution in [3.05, 3.63) is 0 Å². The number of methoxy groups -OCH3 is 1. The molecular formula is C3H8O2Y. The van der Waals surface area contributed by atoms with E-state index in [2.05, 4.69) is 4.74 Å². The molecule has 1 N–H and O–H groups in total. The van der Waals surface area contributed by atoms with Gasteiger partial charge in [-0.1, -0.05) is 0 Å². The molecule has 0 aliphatic heterocycles. The molecule has 0 amide bonds. The van der Waals surface area contributed by atoms with Crippen LogP contribution in [-0.2, 0) is 37.4 Å². The van der Waals surface area contributed by atoms with E-state index in [0.29, 0.717) is 0 Å². The fraction of sp³-hybridized carbons (Fsp3) is 1.00. The Morgan fingerprint density at radius 3 is 1.83 bits per heavy atom. The minimum Gasteiger partial charge on any atom is -0.368 e. The van der Waals surface area contributed by atoms with Crippen molar-refractivity contribution in [1.29, 1.82) is 0 Å². The average Bonchev–Trinajstić information content (AvgIpc) is 1.38. The minimum absolute atomic E-state index is 0. The number of aliphatic hydroxyl groups excluding tert-OH is 1. The first-order valence-corrected chi connectivity index (χ1v) is 1.48. The van der Waals surface area contributed by atoms with E-state index in [9.17, 15) is 0 Å². The molecule has 0 rings (SSSR count). The van der Waals surface area contributed by atoms with Gasteiger partial charge in [0.05, 0.1) is 0 Å². The molecule has 0 spiro atoms. The largest absolute Gasteiger partial charge is 0.368 e. The molecule has 0 fully saturated rings. The van der Waals surface area contributed by atoms with Gasteiger partial charge in [0.15, 0.2) is 6.29 Å². The molecule has 1 radical (unpaired) electrons. The van der Waals surface area contributed by atoms with E-state index >= 15 is 0 Å². The smallest absolute Gasteiger partial charge is 0.151 e. The van der Waals surface area contributed by atoms with Crippen molar-refractivity contribution in [2.75, 3.05) is 7.11 Å². The van der Waals surface area contributed by atoms with E-state index < -0.39 is 6.29 Å². The maximum atomic E-state index is 8.14. The van der Waals surface area contributed by atoms with Gasteiger partial charge in [-0.25, -0.2) is 0 Å². The second-order valence-electron chi connectivity index (χ2n) is 0.835. The molecule has 0 aliphatic rings. The molecule has 3 heteroatoms. The van der Waals surface area contributed by atoms with Crippen LogP contribution >= 0.6 is 0 Å². The third kappa shape index (κ3) is 8.90. The second kappa shape index (κ2) is 6.02. The minimum atomic E-state index is -0.616. The Hall–Kier alpha value is 1.02. The summed E-state index contributed by atoms with van der Waals surface area (Å²) in [5.41, 5.74) is 0. The zero-order valence-corrected chi connectivity index (χ0v) is 6.85. The third-order valence-corrected chi connectivity index (χ3v) is 0.341. The van der Waals surface area contributed by atoms with E-state index in [0.717, 1.165) is 0 Å². The van der Waals surface area contributed by atoms with Gasteiger partial charge < -0.3 is 9.84 Å². The molecule has 0 aromatic heterocycles. The fourth-order valence-corrected chi connectivity index (χ4v) is 0. The molecule has 0 bridgehead atoms. The van der Waals surface area contributed by atoms with Gasteiger partial charge in [0.25, 0.3) is 0 Å². The monoisotopic (exact) mass is 165 g/mol. The van der Waals surface area contributed by atoms with Crippen molar-refractivity contribution in [3.63, 3.8) is 0 Å². The maximum absolute atomic E-state index is 8.14. The Morgan fingerprint density at radius 1 is 1.67 bits per heavy atom. The summed E-state index contributed by atoms with van der Waals surface area (Å²) in [7, 11) is 1.45. The zero-order valence-electron chi connectivity index (χ0n) is 4.01. The summed E-state index contributed by atoms with van der Waals surface area (Å²) in [5.74, 6) is 0. The first kappa shape index (κ1) is 10.1. The molecule has 2 nitrogen and oxygen atoms in total. The van der Waals surface area contributed by atoms with Gasteiger partial charge in [-0.05, 0) is 6.92 Å². The Labute approximate surface area is 62.8 Å². The van der Waals surface area contributed by atoms with Crippen molar-refractivity contribution < 1.29 is 42.6 Å². The summed E-state index contributed by atoms with van der Waals surface area (Å²) in [4.78, 5) is 0. The predicted molar refractivity (Wildman–Crippen MR) is 18.7 cm³/mol. The van der Waals surface area contributed by atoms with Crippen LogP contribution in [0.15, 0.2) is 0 Å². The molecule has 35 valence electrons. The van der Waals surface area contributed by atoms with Crippen LogP contribution in [0.25, 0.3) is 0 Å². The van der Waals surface area contributed by atoms with Gasteiger partial charge in [0, 0.05) is 39.8 Å². The molecule has 1 atom stereocenters. The predicted octanol–water partition coefficient (Wildman–Crippen LogP) is -0.0314. The molecule has 0 saturated heterocycles. The number of rotatable bonds is 1. The summed E-state index contributed by atoms with van der Waals surface area (Å²) < 4.78 is 4.31. The summed E-state index contributed by atoms with van der Waals surface area (Å²) in [6.45, 7) is 1.56. The van der Waals surface area contributed by atoms with E-state index in [1.54, 1.807) is 6.92 Å². The molecule has 0 aromatic carbocycles. The van der Waals surface area contributed by atoms with Crippen LogP contribution in [0.5, 0.6) is 0 Å². The zero-order chi connectivity index (χ0) is 4.28. The molecule has 1 unspecified atom stereocenters. The van der Waals surface area contributed by atoms with Crippen molar-refractivity contribution in [2.45, 2.75) is 13.2 Å². The summed E-state index contributed by atoms with van der Waals surface area (Å²) >= 11 is 0. The van der Waals surface area contributed by atoms with E-state index in [1.165, 1.54) is 7.11 Å². The van der Waals surface area contributed by atoms with E-state index in [4.69, 9.17) is 5.11 Å². The number of hydrogen-bond donors (Lipinski definition) is 1. The Bertz CT molecular complexity index is 22.8. The van der Waals surface area contributed by atoms with Crippen LogP contribution < -0.4 is 0 Å². The van der Waals surface area contributed by atoms with Gasteiger partial charge in [0.1, 0.15) is 0 Å². The van der Waals surface area contributed by atoms with Gasteiger partial charge in [-0.3, -0.25) is 0 Å². The first-order valence-electron chi connectivity index (χ1n) is 1.48. The molecule has 6 heavy (non-hydrogen) atoms. The van der Waals surface area contributed by atoms with Gasteiger partial charge in [-0.2, -0.15) is 0 Å². The fourth-order valence-electron chi connectivity index (χ4n) is 0. The summed E-state index contributed by atoms with van der Waals surface area (Å²) in [6, 6.07) is 0. The molecule has 0 aliphatic carbocycles. The van der Waals surface area contributed by atoms with E-state index in [1.807, 2.05) is 0 Å². The maximum Gasteiger partial charge on any atom is 0.151 e. The van der Waals surface area contributed by atoms with Crippen molar-refractivity contribution >= 4 is 0 Å². The quantitative estimate of drug-likeness (QED) is 0.552. The number of hydrogen-bond acceptors (Lipinski definition) is 2. The molecule has 0 aromatic rings. The van der Waals surface area contributed by atoms with Gasteiger partial charge in [-0.15, -0.1) is 0 Å². The molecule has 0 saturated carbocycles. The topological polar surface area (TPSA) is 29.5 Å². The first-order chi connectivity index (χ1) is 2.27. The standard InChI is InChI=1S/C3H8O2.Y/c1-3(4)5-2;/h3-4H,1-2H3;. The number of ether oxygens (including phenoxy) is 1. The van der Waals surface area contributed by atoms with Crippen molar-refractivity contribution in [3.8, 4) is 0 Å². The van der Waals surface area contributed by atoms with Crippen LogP contribution in [0.3, 0.4) is 0 Å². The summed E-state index contributed by atoms with van der Waals surface area (Å²) in [5, 5.41) is 8.14. The molecule has 0 heterocycles. The summed E-state index contributed by atoms with van der Waals surface area (Å²) in [6.07, 6.45) is -0.616. The average molecular weight is 165 g/mol. The normalized spacial score (nSPS) is 12.5. The van der Waals surface area contributed by atoms with Crippen LogP contribution in [0.1, 0.15) is 6.92 Å². The molecular weight excluding hydrogens is 157 g/mol. The van der Waals surface area contributed by atoms with E-state index in [-0.39, 0.29) is 32.7 Å². The SMILES string of the molecule is COC(C)O.[Y]. The van der Waals surface area contributed by atoms with Crippen LogP contribution in [0, 0.1) is 0 Å². The van der Waals surface area contributed by atoms with Gasteiger partial charge in [0.2, 0.25) is 0 Å². The third-order valence-electron chi connectivity index (χ3n) is 0.341. The Balaban J connectivity index is 0. The number of aliphatic hydroxyl groups is 1. The van der Waals surface area contributed by atoms with Crippen molar-refractivity contribution in [1.82, 2.24) is 0 Å². The van der Waals surface area contributed by atoms with Crippen LogP contribution in [0.2, 0.25) is 0 Å². The Morgan fingerprint density at radius 2 is 1.83 bits per heavy atom. The van der Waals surface area contributed by atoms with Gasteiger partial charge >= 0.3 is 0 Å².